The zero-order chi connectivity index (χ0) is 35.9. The number of amides is 4. The van der Waals surface area contributed by atoms with Crippen LogP contribution in [0.4, 0.5) is 9.59 Å². The van der Waals surface area contributed by atoms with Crippen LogP contribution in [-0.2, 0) is 22.6 Å². The lowest BCUT2D eigenvalue weighted by Gasteiger charge is -2.22. The van der Waals surface area contributed by atoms with Crippen molar-refractivity contribution in [2.75, 3.05) is 26.3 Å². The predicted molar refractivity (Wildman–Crippen MR) is 196 cm³/mol. The molecule has 0 saturated carbocycles. The minimum atomic E-state index is -0.420. The molecule has 2 aliphatic rings. The first-order valence-electron chi connectivity index (χ1n) is 17.2. The first-order valence-corrected chi connectivity index (χ1v) is 17.2. The third-order valence-corrected chi connectivity index (χ3v) is 9.38. The SMILES string of the molecule is O=C(NCC1COC(=O)N1Cc1ccc(-c2ccccc2)cc1)c1ccc(C(=O)NCC2COC(=O)N2Cc2ccc(-c3ccccc3)cc2)cc1. The highest BCUT2D eigenvalue weighted by Gasteiger charge is 2.34. The highest BCUT2D eigenvalue weighted by molar-refractivity contribution is 5.98. The summed E-state index contributed by atoms with van der Waals surface area (Å²) in [4.78, 5) is 54.3. The normalized spacial score (nSPS) is 16.7. The molecule has 10 nitrogen and oxygen atoms in total. The van der Waals surface area contributed by atoms with Crippen molar-refractivity contribution >= 4 is 24.0 Å². The molecule has 2 heterocycles. The molecule has 2 aliphatic heterocycles. The Kier molecular flexibility index (Phi) is 10.2. The molecule has 0 spiro atoms. The summed E-state index contributed by atoms with van der Waals surface area (Å²) in [5.41, 5.74) is 7.07. The van der Waals surface area contributed by atoms with Gasteiger partial charge in [-0.05, 0) is 57.6 Å². The van der Waals surface area contributed by atoms with E-state index in [-0.39, 0.29) is 50.2 Å². The number of carbonyl (C=O) groups excluding carboxylic acids is 4. The first-order chi connectivity index (χ1) is 25.4. The van der Waals surface area contributed by atoms with Crippen LogP contribution in [-0.4, -0.2) is 72.2 Å². The molecule has 4 amide bonds. The fourth-order valence-corrected chi connectivity index (χ4v) is 6.36. The van der Waals surface area contributed by atoms with Crippen LogP contribution in [0.1, 0.15) is 31.8 Å². The van der Waals surface area contributed by atoms with Gasteiger partial charge in [-0.3, -0.25) is 19.4 Å². The Morgan fingerprint density at radius 3 is 1.21 bits per heavy atom. The van der Waals surface area contributed by atoms with Gasteiger partial charge in [0.05, 0.1) is 12.1 Å². The van der Waals surface area contributed by atoms with Crippen LogP contribution in [0.5, 0.6) is 0 Å². The second-order valence-electron chi connectivity index (χ2n) is 12.8. The molecule has 7 rings (SSSR count). The van der Waals surface area contributed by atoms with Gasteiger partial charge >= 0.3 is 12.2 Å². The van der Waals surface area contributed by atoms with E-state index < -0.39 is 12.2 Å². The Morgan fingerprint density at radius 2 is 0.846 bits per heavy atom. The van der Waals surface area contributed by atoms with Crippen molar-refractivity contribution in [3.63, 3.8) is 0 Å². The Labute approximate surface area is 302 Å². The molecule has 0 bridgehead atoms. The van der Waals surface area contributed by atoms with E-state index >= 15 is 0 Å². The largest absolute Gasteiger partial charge is 0.447 e. The maximum Gasteiger partial charge on any atom is 0.410 e. The highest BCUT2D eigenvalue weighted by atomic mass is 16.6. The van der Waals surface area contributed by atoms with Crippen molar-refractivity contribution in [1.82, 2.24) is 20.4 Å². The molecular formula is C42H38N4O6. The summed E-state index contributed by atoms with van der Waals surface area (Å²) >= 11 is 0. The number of hydrogen-bond donors (Lipinski definition) is 2. The summed E-state index contributed by atoms with van der Waals surface area (Å²) < 4.78 is 10.6. The predicted octanol–water partition coefficient (Wildman–Crippen LogP) is 6.52. The Hall–Kier alpha value is -6.42. The van der Waals surface area contributed by atoms with Crippen LogP contribution in [0.2, 0.25) is 0 Å². The van der Waals surface area contributed by atoms with Gasteiger partial charge in [0.15, 0.2) is 0 Å². The van der Waals surface area contributed by atoms with Crippen molar-refractivity contribution in [1.29, 1.82) is 0 Å². The topological polar surface area (TPSA) is 117 Å². The molecule has 0 radical (unpaired) electrons. The average Bonchev–Trinajstić information content (AvgIpc) is 3.73. The summed E-state index contributed by atoms with van der Waals surface area (Å²) in [5.74, 6) is -0.653. The van der Waals surface area contributed by atoms with Gasteiger partial charge in [0, 0.05) is 37.3 Å². The zero-order valence-electron chi connectivity index (χ0n) is 28.4. The van der Waals surface area contributed by atoms with Crippen molar-refractivity contribution in [2.24, 2.45) is 0 Å². The highest BCUT2D eigenvalue weighted by Crippen LogP contribution is 2.23. The Balaban J connectivity index is 0.884. The summed E-state index contributed by atoms with van der Waals surface area (Å²) in [6.07, 6.45) is -0.841. The average molecular weight is 695 g/mol. The second kappa shape index (κ2) is 15.6. The van der Waals surface area contributed by atoms with E-state index in [0.29, 0.717) is 24.2 Å². The third-order valence-electron chi connectivity index (χ3n) is 9.38. The van der Waals surface area contributed by atoms with E-state index in [9.17, 15) is 19.2 Å². The van der Waals surface area contributed by atoms with Crippen LogP contribution < -0.4 is 10.6 Å². The molecule has 2 saturated heterocycles. The van der Waals surface area contributed by atoms with Crippen molar-refractivity contribution in [3.05, 3.63) is 156 Å². The molecule has 0 aliphatic carbocycles. The lowest BCUT2D eigenvalue weighted by molar-refractivity contribution is 0.0931. The number of nitrogens with one attached hydrogen (secondary N) is 2. The zero-order valence-corrected chi connectivity index (χ0v) is 28.4. The monoisotopic (exact) mass is 694 g/mol. The van der Waals surface area contributed by atoms with Gasteiger partial charge in [-0.2, -0.15) is 0 Å². The number of nitrogens with zero attached hydrogens (tertiary/aromatic N) is 2. The van der Waals surface area contributed by atoms with Crippen LogP contribution in [0.25, 0.3) is 22.3 Å². The van der Waals surface area contributed by atoms with Gasteiger partial charge in [-0.15, -0.1) is 0 Å². The molecule has 262 valence electrons. The molecular weight excluding hydrogens is 656 g/mol. The summed E-state index contributed by atoms with van der Waals surface area (Å²) in [7, 11) is 0. The molecule has 2 unspecified atom stereocenters. The van der Waals surface area contributed by atoms with E-state index in [0.717, 1.165) is 33.4 Å². The fourth-order valence-electron chi connectivity index (χ4n) is 6.36. The van der Waals surface area contributed by atoms with Crippen molar-refractivity contribution < 1.29 is 28.7 Å². The molecule has 10 heteroatoms. The van der Waals surface area contributed by atoms with E-state index in [1.165, 1.54) is 0 Å². The molecule has 2 N–H and O–H groups in total. The van der Waals surface area contributed by atoms with E-state index in [4.69, 9.17) is 9.47 Å². The van der Waals surface area contributed by atoms with Gasteiger partial charge in [0.25, 0.3) is 11.8 Å². The smallest absolute Gasteiger partial charge is 0.410 e. The maximum absolute atomic E-state index is 13.0. The third kappa shape index (κ3) is 7.97. The number of carbonyl (C=O) groups is 4. The molecule has 0 aromatic heterocycles. The molecule has 2 fully saturated rings. The number of hydrogen-bond acceptors (Lipinski definition) is 6. The first kappa shape index (κ1) is 34.0. The van der Waals surface area contributed by atoms with Crippen LogP contribution in [0.3, 0.4) is 0 Å². The molecule has 52 heavy (non-hydrogen) atoms. The molecule has 5 aromatic carbocycles. The van der Waals surface area contributed by atoms with Gasteiger partial charge in [-0.25, -0.2) is 9.59 Å². The number of cyclic esters (lactones) is 2. The summed E-state index contributed by atoms with van der Waals surface area (Å²) in [6, 6.07) is 41.9. The van der Waals surface area contributed by atoms with Crippen LogP contribution in [0, 0.1) is 0 Å². The lowest BCUT2D eigenvalue weighted by atomic mass is 10.0. The quantitative estimate of drug-likeness (QED) is 0.154. The number of benzene rings is 5. The van der Waals surface area contributed by atoms with Gasteiger partial charge in [-0.1, -0.05) is 109 Å². The number of ether oxygens (including phenoxy) is 2. The Bertz CT molecular complexity index is 1870. The van der Waals surface area contributed by atoms with Crippen LogP contribution >= 0.6 is 0 Å². The lowest BCUT2D eigenvalue weighted by Crippen LogP contribution is -2.42. The fraction of sp³-hybridized carbons (Fsp3) is 0.190. The maximum atomic E-state index is 13.0. The van der Waals surface area contributed by atoms with E-state index in [1.807, 2.05) is 109 Å². The molecule has 5 aromatic rings. The van der Waals surface area contributed by atoms with Gasteiger partial charge < -0.3 is 20.1 Å². The standard InChI is InChI=1S/C42H38N4O6/c47-39(43-23-37-27-51-41(49)45(37)25-29-11-15-33(16-12-29)31-7-3-1-4-8-31)35-19-21-36(22-20-35)40(48)44-24-38-28-52-42(50)46(38)26-30-13-17-34(18-14-30)32-9-5-2-6-10-32/h1-22,37-38H,23-28H2,(H,43,47)(H,44,48). The van der Waals surface area contributed by atoms with E-state index in [2.05, 4.69) is 10.6 Å². The number of rotatable bonds is 12. The summed E-state index contributed by atoms with van der Waals surface area (Å²) in [5, 5.41) is 5.79. The minimum Gasteiger partial charge on any atom is -0.447 e. The molecule has 2 atom stereocenters. The Morgan fingerprint density at radius 1 is 0.500 bits per heavy atom. The minimum absolute atomic E-state index is 0.177. The van der Waals surface area contributed by atoms with Crippen LogP contribution in [0.15, 0.2) is 133 Å². The summed E-state index contributed by atoms with van der Waals surface area (Å²) in [6.45, 7) is 1.50. The van der Waals surface area contributed by atoms with Gasteiger partial charge in [0.1, 0.15) is 13.2 Å². The van der Waals surface area contributed by atoms with E-state index in [1.54, 1.807) is 34.1 Å². The van der Waals surface area contributed by atoms with Crippen molar-refractivity contribution in [3.8, 4) is 22.3 Å². The van der Waals surface area contributed by atoms with Gasteiger partial charge in [0.2, 0.25) is 0 Å². The van der Waals surface area contributed by atoms with Crippen molar-refractivity contribution in [2.45, 2.75) is 25.2 Å². The second-order valence-corrected chi connectivity index (χ2v) is 12.8.